The fourth-order valence-corrected chi connectivity index (χ4v) is 2.71. The predicted octanol–water partition coefficient (Wildman–Crippen LogP) is 4.38. The number of pyridine rings is 1. The highest BCUT2D eigenvalue weighted by atomic mass is 19.4. The van der Waals surface area contributed by atoms with Crippen LogP contribution in [0.25, 0.3) is 0 Å². The summed E-state index contributed by atoms with van der Waals surface area (Å²) < 4.78 is 53.1. The number of carbonyl (C=O) groups excluding carboxylic acids is 1. The average Bonchev–Trinajstić information content (AvgIpc) is 2.98. The second kappa shape index (κ2) is 10.8. The molecule has 0 fully saturated rings. The number of nitrogens with zero attached hydrogens (tertiary/aromatic N) is 3. The molecule has 0 spiro atoms. The van der Waals surface area contributed by atoms with Crippen LogP contribution in [0.4, 0.5) is 13.2 Å². The first-order chi connectivity index (χ1) is 14.7. The van der Waals surface area contributed by atoms with Crippen molar-refractivity contribution >= 4 is 5.97 Å². The van der Waals surface area contributed by atoms with Crippen molar-refractivity contribution in [3.63, 3.8) is 0 Å². The van der Waals surface area contributed by atoms with Crippen molar-refractivity contribution in [3.8, 4) is 11.6 Å². The summed E-state index contributed by atoms with van der Waals surface area (Å²) in [5.41, 5.74) is -2.08. The summed E-state index contributed by atoms with van der Waals surface area (Å²) in [5.74, 6) is -1.35. The Bertz CT molecular complexity index is 919. The summed E-state index contributed by atoms with van der Waals surface area (Å²) in [6.07, 6.45) is -4.35. The molecule has 0 amide bonds. The number of alkyl halides is 3. The van der Waals surface area contributed by atoms with Gasteiger partial charge in [-0.15, -0.1) is 0 Å². The molecule has 2 N–H and O–H groups in total. The van der Waals surface area contributed by atoms with Crippen LogP contribution < -0.4 is 4.74 Å². The monoisotopic (exact) mass is 461 g/mol. The number of hydrogen-bond donors (Lipinski definition) is 2. The number of esters is 1. The summed E-state index contributed by atoms with van der Waals surface area (Å²) in [7, 11) is 0. The first kappa shape index (κ1) is 27.4. The Balaban J connectivity index is 0.00000161. The maximum Gasteiger partial charge on any atom is 0.420 e. The van der Waals surface area contributed by atoms with E-state index in [4.69, 9.17) is 14.6 Å². The maximum absolute atomic E-state index is 13.7. The third-order valence-corrected chi connectivity index (χ3v) is 4.05. The number of aliphatic hydroxyl groups is 2. The summed E-state index contributed by atoms with van der Waals surface area (Å²) >= 11 is 0. The minimum Gasteiger partial charge on any atom is -0.461 e. The van der Waals surface area contributed by atoms with E-state index in [2.05, 4.69) is 10.1 Å². The first-order valence-electron chi connectivity index (χ1n) is 9.99. The van der Waals surface area contributed by atoms with E-state index in [1.54, 1.807) is 34.6 Å². The Morgan fingerprint density at radius 3 is 2.22 bits per heavy atom. The van der Waals surface area contributed by atoms with E-state index in [-0.39, 0.29) is 30.4 Å². The standard InChI is InChI=1S/C19H24F3N3O4.C2H6O/c1-7-28-17(27)15-10(2)16(25(24-15)18(4,5)6)29-13-9-23-8-12(11(3)26)14(13)19(20,21)22;1-2-3/h8-9,11,26H,7H2,1-6H3;3H,2H2,1H3. The van der Waals surface area contributed by atoms with Gasteiger partial charge in [-0.05, 0) is 48.5 Å². The molecule has 8 nitrogen and oxygen atoms in total. The summed E-state index contributed by atoms with van der Waals surface area (Å²) in [4.78, 5) is 16.0. The molecule has 180 valence electrons. The van der Waals surface area contributed by atoms with Crippen molar-refractivity contribution in [1.29, 1.82) is 0 Å². The van der Waals surface area contributed by atoms with E-state index >= 15 is 0 Å². The molecule has 0 aromatic carbocycles. The van der Waals surface area contributed by atoms with Crippen LogP contribution in [-0.2, 0) is 16.5 Å². The fraction of sp³-hybridized carbons (Fsp3) is 0.571. The number of ether oxygens (including phenoxy) is 2. The van der Waals surface area contributed by atoms with Gasteiger partial charge in [0.05, 0.1) is 24.4 Å². The van der Waals surface area contributed by atoms with Crippen molar-refractivity contribution in [2.24, 2.45) is 0 Å². The molecule has 0 saturated carbocycles. The van der Waals surface area contributed by atoms with E-state index in [0.29, 0.717) is 0 Å². The second-order valence-electron chi connectivity index (χ2n) is 7.78. The Kier molecular flexibility index (Phi) is 9.22. The van der Waals surface area contributed by atoms with Crippen molar-refractivity contribution in [2.45, 2.75) is 66.3 Å². The van der Waals surface area contributed by atoms with Gasteiger partial charge in [-0.25, -0.2) is 9.48 Å². The van der Waals surface area contributed by atoms with Gasteiger partial charge in [0.25, 0.3) is 0 Å². The highest BCUT2D eigenvalue weighted by Crippen LogP contribution is 2.43. The van der Waals surface area contributed by atoms with Gasteiger partial charge >= 0.3 is 12.1 Å². The number of halogens is 3. The Morgan fingerprint density at radius 2 is 1.78 bits per heavy atom. The van der Waals surface area contributed by atoms with Crippen molar-refractivity contribution in [1.82, 2.24) is 14.8 Å². The van der Waals surface area contributed by atoms with Crippen LogP contribution in [-0.4, -0.2) is 44.2 Å². The van der Waals surface area contributed by atoms with E-state index in [9.17, 15) is 23.1 Å². The molecule has 32 heavy (non-hydrogen) atoms. The Labute approximate surface area is 185 Å². The molecule has 0 aliphatic heterocycles. The van der Waals surface area contributed by atoms with Crippen molar-refractivity contribution in [3.05, 3.63) is 34.8 Å². The molecule has 0 bridgehead atoms. The summed E-state index contributed by atoms with van der Waals surface area (Å²) in [5, 5.41) is 21.5. The van der Waals surface area contributed by atoms with Gasteiger partial charge in [-0.2, -0.15) is 18.3 Å². The van der Waals surface area contributed by atoms with Gasteiger partial charge in [0, 0.05) is 23.9 Å². The number of aromatic nitrogens is 3. The van der Waals surface area contributed by atoms with Crippen LogP contribution in [0, 0.1) is 6.92 Å². The minimum absolute atomic E-state index is 0.0457. The molecule has 2 heterocycles. The largest absolute Gasteiger partial charge is 0.461 e. The topological polar surface area (TPSA) is 107 Å². The van der Waals surface area contributed by atoms with E-state index in [0.717, 1.165) is 12.4 Å². The molecule has 2 aromatic rings. The van der Waals surface area contributed by atoms with Crippen molar-refractivity contribution in [2.75, 3.05) is 13.2 Å². The summed E-state index contributed by atoms with van der Waals surface area (Å²) in [6, 6.07) is 0. The molecule has 11 heteroatoms. The van der Waals surface area contributed by atoms with Crippen LogP contribution in [0.15, 0.2) is 12.4 Å². The van der Waals surface area contributed by atoms with Gasteiger partial charge in [0.2, 0.25) is 5.88 Å². The van der Waals surface area contributed by atoms with Gasteiger partial charge in [-0.1, -0.05) is 0 Å². The second-order valence-corrected chi connectivity index (χ2v) is 7.78. The molecular weight excluding hydrogens is 431 g/mol. The molecule has 0 saturated heterocycles. The zero-order chi connectivity index (χ0) is 24.9. The quantitative estimate of drug-likeness (QED) is 0.637. The van der Waals surface area contributed by atoms with Gasteiger partial charge in [-0.3, -0.25) is 4.98 Å². The van der Waals surface area contributed by atoms with E-state index in [1.165, 1.54) is 18.5 Å². The van der Waals surface area contributed by atoms with Crippen LogP contribution in [0.5, 0.6) is 11.6 Å². The lowest BCUT2D eigenvalue weighted by molar-refractivity contribution is -0.140. The molecule has 1 atom stereocenters. The zero-order valence-corrected chi connectivity index (χ0v) is 19.2. The normalized spacial score (nSPS) is 12.6. The smallest absolute Gasteiger partial charge is 0.420 e. The number of hydrogen-bond acceptors (Lipinski definition) is 7. The predicted molar refractivity (Wildman–Crippen MR) is 111 cm³/mol. The summed E-state index contributed by atoms with van der Waals surface area (Å²) in [6.45, 7) is 11.7. The van der Waals surface area contributed by atoms with Gasteiger partial charge in [0.1, 0.15) is 5.56 Å². The first-order valence-corrected chi connectivity index (χ1v) is 9.99. The number of rotatable bonds is 5. The van der Waals surface area contributed by atoms with Crippen molar-refractivity contribution < 1.29 is 37.7 Å². The van der Waals surface area contributed by atoms with Gasteiger partial charge in [0.15, 0.2) is 11.4 Å². The van der Waals surface area contributed by atoms with E-state index in [1.807, 2.05) is 0 Å². The SMILES string of the molecule is CCO.CCOC(=O)c1nn(C(C)(C)C)c(Oc2cncc(C(C)O)c2C(F)(F)F)c1C. The van der Waals surface area contributed by atoms with Crippen LogP contribution in [0.3, 0.4) is 0 Å². The molecular formula is C21H30F3N3O5. The molecule has 0 aliphatic rings. The Hall–Kier alpha value is -2.66. The molecule has 2 rings (SSSR count). The Morgan fingerprint density at radius 1 is 1.22 bits per heavy atom. The number of carbonyl (C=O) groups is 1. The van der Waals surface area contributed by atoms with Crippen LogP contribution in [0.1, 0.15) is 74.8 Å². The highest BCUT2D eigenvalue weighted by molar-refractivity contribution is 5.89. The van der Waals surface area contributed by atoms with E-state index < -0.39 is 40.7 Å². The lowest BCUT2D eigenvalue weighted by Crippen LogP contribution is -2.24. The van der Waals surface area contributed by atoms with Crippen LogP contribution >= 0.6 is 0 Å². The molecule has 1 unspecified atom stereocenters. The molecule has 0 radical (unpaired) electrons. The number of aliphatic hydroxyl groups excluding tert-OH is 2. The highest BCUT2D eigenvalue weighted by Gasteiger charge is 2.39. The minimum atomic E-state index is -4.80. The van der Waals surface area contributed by atoms with Gasteiger partial charge < -0.3 is 19.7 Å². The lowest BCUT2D eigenvalue weighted by atomic mass is 10.0. The third kappa shape index (κ3) is 6.42. The van der Waals surface area contributed by atoms with Crippen LogP contribution in [0.2, 0.25) is 0 Å². The maximum atomic E-state index is 13.7. The lowest BCUT2D eigenvalue weighted by Gasteiger charge is -2.24. The zero-order valence-electron chi connectivity index (χ0n) is 19.2. The molecule has 2 aromatic heterocycles. The average molecular weight is 461 g/mol. The fourth-order valence-electron chi connectivity index (χ4n) is 2.71. The third-order valence-electron chi connectivity index (χ3n) is 4.05. The molecule has 0 aliphatic carbocycles.